The Kier molecular flexibility index (Phi) is 8.31. The van der Waals surface area contributed by atoms with E-state index < -0.39 is 4.92 Å². The number of nitrogens with one attached hydrogen (secondary N) is 2. The van der Waals surface area contributed by atoms with E-state index >= 15 is 0 Å². The van der Waals surface area contributed by atoms with Gasteiger partial charge in [0.2, 0.25) is 0 Å². The van der Waals surface area contributed by atoms with Gasteiger partial charge in [0.15, 0.2) is 5.82 Å². The van der Waals surface area contributed by atoms with E-state index in [4.69, 9.17) is 0 Å². The lowest BCUT2D eigenvalue weighted by Gasteiger charge is -2.10. The molecule has 0 aliphatic rings. The fraction of sp³-hybridized carbons (Fsp3) is 0.500. The average Bonchev–Trinajstić information content (AvgIpc) is 2.45. The van der Waals surface area contributed by atoms with Gasteiger partial charge in [0.1, 0.15) is 0 Å². The summed E-state index contributed by atoms with van der Waals surface area (Å²) in [5, 5.41) is 16.1. The Labute approximate surface area is 135 Å². The molecule has 0 spiro atoms. The molecule has 0 bridgehead atoms. The third-order valence-electron chi connectivity index (χ3n) is 2.70. The van der Waals surface area contributed by atoms with Crippen LogP contribution in [-0.4, -0.2) is 48.2 Å². The van der Waals surface area contributed by atoms with Gasteiger partial charge in [-0.1, -0.05) is 0 Å². The Bertz CT molecular complexity index is 508. The van der Waals surface area contributed by atoms with Crippen LogP contribution in [0.15, 0.2) is 30.4 Å². The summed E-state index contributed by atoms with van der Waals surface area (Å²) < 4.78 is 0. The third-order valence-corrected chi connectivity index (χ3v) is 3.69. The Balaban J connectivity index is 2.31. The predicted molar refractivity (Wildman–Crippen MR) is 89.9 cm³/mol. The monoisotopic (exact) mass is 325 g/mol. The molecular weight excluding hydrogens is 302 g/mol. The fourth-order valence-electron chi connectivity index (χ4n) is 1.81. The van der Waals surface area contributed by atoms with Crippen LogP contribution in [0.4, 0.5) is 0 Å². The van der Waals surface area contributed by atoms with Crippen LogP contribution in [0.2, 0.25) is 0 Å². The number of hydrogen-bond acceptors (Lipinski definition) is 7. The highest BCUT2D eigenvalue weighted by molar-refractivity contribution is 7.98. The zero-order valence-electron chi connectivity index (χ0n) is 13.2. The van der Waals surface area contributed by atoms with E-state index in [1.807, 2.05) is 26.4 Å². The summed E-state index contributed by atoms with van der Waals surface area (Å²) in [5.41, 5.74) is 2.30. The van der Waals surface area contributed by atoms with E-state index in [1.165, 1.54) is 5.56 Å². The lowest BCUT2D eigenvalue weighted by molar-refractivity contribution is -0.404. The zero-order chi connectivity index (χ0) is 16.4. The van der Waals surface area contributed by atoms with Crippen molar-refractivity contribution in [2.45, 2.75) is 12.3 Å². The van der Waals surface area contributed by atoms with Crippen LogP contribution in [-0.2, 0) is 12.3 Å². The minimum absolute atomic E-state index is 0.414. The molecule has 122 valence electrons. The fourth-order valence-corrected chi connectivity index (χ4v) is 2.57. The number of rotatable bonds is 10. The molecule has 1 heterocycles. The molecule has 0 fully saturated rings. The van der Waals surface area contributed by atoms with Crippen LogP contribution in [0.1, 0.15) is 11.3 Å². The summed E-state index contributed by atoms with van der Waals surface area (Å²) in [6, 6.07) is 4.14. The maximum absolute atomic E-state index is 10.4. The van der Waals surface area contributed by atoms with Gasteiger partial charge in [-0.2, -0.15) is 11.8 Å². The zero-order valence-corrected chi connectivity index (χ0v) is 14.0. The van der Waals surface area contributed by atoms with Gasteiger partial charge in [0.05, 0.1) is 10.6 Å². The Hall–Kier alpha value is -1.80. The first-order valence-corrected chi connectivity index (χ1v) is 8.10. The summed E-state index contributed by atoms with van der Waals surface area (Å²) in [6.07, 6.45) is 2.77. The number of pyridine rings is 1. The van der Waals surface area contributed by atoms with Crippen molar-refractivity contribution in [3.63, 3.8) is 0 Å². The molecule has 2 N–H and O–H groups in total. The first-order chi connectivity index (χ1) is 10.5. The van der Waals surface area contributed by atoms with Crippen molar-refractivity contribution < 1.29 is 4.92 Å². The second-order valence-corrected chi connectivity index (χ2v) is 6.06. The van der Waals surface area contributed by atoms with Gasteiger partial charge in [-0.25, -0.2) is 0 Å². The molecule has 0 atom stereocenters. The van der Waals surface area contributed by atoms with Crippen molar-refractivity contribution in [2.75, 3.05) is 33.4 Å². The van der Waals surface area contributed by atoms with E-state index in [1.54, 1.807) is 18.8 Å². The molecule has 0 amide bonds. The molecule has 8 heteroatoms. The number of aromatic nitrogens is 1. The summed E-state index contributed by atoms with van der Waals surface area (Å²) >= 11 is 1.74. The first kappa shape index (κ1) is 18.2. The van der Waals surface area contributed by atoms with Crippen molar-refractivity contribution >= 4 is 11.8 Å². The molecule has 1 rings (SSSR count). The molecule has 0 saturated heterocycles. The van der Waals surface area contributed by atoms with Gasteiger partial charge in [-0.3, -0.25) is 15.1 Å². The summed E-state index contributed by atoms with van der Waals surface area (Å²) in [5.74, 6) is 2.09. The van der Waals surface area contributed by atoms with Gasteiger partial charge < -0.3 is 15.5 Å². The molecule has 1 aromatic rings. The largest absolute Gasteiger partial charge is 0.370 e. The van der Waals surface area contributed by atoms with E-state index in [0.717, 1.165) is 29.9 Å². The minimum Gasteiger partial charge on any atom is -0.370 e. The van der Waals surface area contributed by atoms with Crippen LogP contribution >= 0.6 is 11.8 Å². The van der Waals surface area contributed by atoms with E-state index in [-0.39, 0.29) is 0 Å². The molecule has 0 aromatic carbocycles. The van der Waals surface area contributed by atoms with E-state index in [9.17, 15) is 10.1 Å². The number of thioether (sulfide) groups is 1. The van der Waals surface area contributed by atoms with Crippen molar-refractivity contribution in [3.8, 4) is 0 Å². The van der Waals surface area contributed by atoms with Crippen LogP contribution in [0.5, 0.6) is 0 Å². The Morgan fingerprint density at radius 1 is 1.55 bits per heavy atom. The molecular formula is C14H23N5O2S. The minimum atomic E-state index is -0.480. The lowest BCUT2D eigenvalue weighted by Crippen LogP contribution is -2.26. The maximum Gasteiger partial charge on any atom is 0.274 e. The van der Waals surface area contributed by atoms with Crippen LogP contribution in [0, 0.1) is 10.1 Å². The molecule has 7 nitrogen and oxygen atoms in total. The van der Waals surface area contributed by atoms with Crippen molar-refractivity contribution in [1.29, 1.82) is 0 Å². The highest BCUT2D eigenvalue weighted by Gasteiger charge is 2.01. The maximum atomic E-state index is 10.4. The lowest BCUT2D eigenvalue weighted by atomic mass is 10.2. The Morgan fingerprint density at radius 3 is 2.95 bits per heavy atom. The summed E-state index contributed by atoms with van der Waals surface area (Å²) in [4.78, 5) is 16.4. The molecule has 0 aliphatic carbocycles. The summed E-state index contributed by atoms with van der Waals surface area (Å²) in [7, 11) is 5.73. The highest BCUT2D eigenvalue weighted by atomic mass is 32.2. The average molecular weight is 325 g/mol. The van der Waals surface area contributed by atoms with Crippen molar-refractivity contribution in [3.05, 3.63) is 51.7 Å². The molecule has 1 aromatic heterocycles. The smallest absolute Gasteiger partial charge is 0.274 e. The molecule has 0 aliphatic heterocycles. The SMILES string of the molecule is CN/C(=C/[N+](=O)[O-])NCCSCc1cc(CN(C)C)ccn1. The van der Waals surface area contributed by atoms with E-state index in [2.05, 4.69) is 26.6 Å². The highest BCUT2D eigenvalue weighted by Crippen LogP contribution is 2.11. The van der Waals surface area contributed by atoms with Crippen molar-refractivity contribution in [1.82, 2.24) is 20.5 Å². The van der Waals surface area contributed by atoms with Gasteiger partial charge in [-0.15, -0.1) is 0 Å². The van der Waals surface area contributed by atoms with Crippen molar-refractivity contribution in [2.24, 2.45) is 0 Å². The second-order valence-electron chi connectivity index (χ2n) is 4.95. The quantitative estimate of drug-likeness (QED) is 0.381. The number of hydrogen-bond donors (Lipinski definition) is 2. The topological polar surface area (TPSA) is 83.3 Å². The van der Waals surface area contributed by atoms with Crippen LogP contribution in [0.3, 0.4) is 0 Å². The molecule has 22 heavy (non-hydrogen) atoms. The molecule has 0 saturated carbocycles. The van der Waals surface area contributed by atoms with Gasteiger partial charge >= 0.3 is 0 Å². The number of nitro groups is 1. The summed E-state index contributed by atoms with van der Waals surface area (Å²) in [6.45, 7) is 1.56. The Morgan fingerprint density at radius 2 is 2.32 bits per heavy atom. The molecule has 0 radical (unpaired) electrons. The predicted octanol–water partition coefficient (Wildman–Crippen LogP) is 1.26. The van der Waals surface area contributed by atoms with Crippen LogP contribution < -0.4 is 10.6 Å². The third kappa shape index (κ3) is 7.84. The van der Waals surface area contributed by atoms with Gasteiger partial charge in [-0.05, 0) is 31.8 Å². The van der Waals surface area contributed by atoms with Crippen LogP contribution in [0.25, 0.3) is 0 Å². The van der Waals surface area contributed by atoms with Gasteiger partial charge in [0, 0.05) is 37.8 Å². The first-order valence-electron chi connectivity index (χ1n) is 6.94. The normalized spacial score (nSPS) is 11.5. The second kappa shape index (κ2) is 10.0. The van der Waals surface area contributed by atoms with Gasteiger partial charge in [0.25, 0.3) is 6.20 Å². The van der Waals surface area contributed by atoms with E-state index in [0.29, 0.717) is 12.4 Å². The number of nitrogens with zero attached hydrogens (tertiary/aromatic N) is 3. The standard InChI is InChI=1S/C14H23N5O2S/c1-15-14(10-19(20)21)17-6-7-22-11-13-8-12(4-5-16-13)9-18(2)3/h4-5,8,10,15,17H,6-7,9,11H2,1-3H3/b14-10-. The molecule has 0 unspecified atom stereocenters.